The Hall–Kier alpha value is -0.160. The molecule has 0 spiro atoms. The van der Waals surface area contributed by atoms with Gasteiger partial charge in [-0.15, -0.1) is 0 Å². The van der Waals surface area contributed by atoms with E-state index < -0.39 is 0 Å². The molecule has 4 nitrogen and oxygen atoms in total. The molecule has 0 aliphatic rings. The molecular formula is C16H34O4. The van der Waals surface area contributed by atoms with Gasteiger partial charge in [-0.05, 0) is 67.2 Å². The van der Waals surface area contributed by atoms with Gasteiger partial charge in [0.2, 0.25) is 0 Å². The summed E-state index contributed by atoms with van der Waals surface area (Å²) in [6.07, 6.45) is 3.85. The molecule has 0 aromatic carbocycles. The number of hydrogen-bond donors (Lipinski definition) is 0. The van der Waals surface area contributed by atoms with Crippen molar-refractivity contribution >= 4 is 0 Å². The minimum atomic E-state index is -0.274. The molecule has 122 valence electrons. The highest BCUT2D eigenvalue weighted by Gasteiger charge is 2.19. The van der Waals surface area contributed by atoms with E-state index >= 15 is 0 Å². The van der Waals surface area contributed by atoms with Crippen LogP contribution in [-0.2, 0) is 19.6 Å². The van der Waals surface area contributed by atoms with E-state index in [0.29, 0.717) is 0 Å². The average molecular weight is 290 g/mol. The van der Waals surface area contributed by atoms with E-state index in [-0.39, 0.29) is 23.4 Å². The predicted octanol–water partition coefficient (Wildman–Crippen LogP) is 4.82. The van der Waals surface area contributed by atoms with Crippen LogP contribution >= 0.6 is 0 Å². The largest absolute Gasteiger partial charge is 0.233 e. The first-order valence-electron chi connectivity index (χ1n) is 7.76. The third-order valence-electron chi connectivity index (χ3n) is 2.59. The Bertz CT molecular complexity index is 214. The first-order chi connectivity index (χ1) is 9.07. The van der Waals surface area contributed by atoms with Gasteiger partial charge in [0.05, 0.1) is 23.4 Å². The fraction of sp³-hybridized carbons (Fsp3) is 1.00. The third kappa shape index (κ3) is 11.6. The first kappa shape index (κ1) is 19.8. The van der Waals surface area contributed by atoms with Crippen LogP contribution < -0.4 is 0 Å². The van der Waals surface area contributed by atoms with E-state index in [0.717, 1.165) is 25.7 Å². The zero-order chi connectivity index (χ0) is 15.8. The molecule has 0 amide bonds. The Morgan fingerprint density at radius 3 is 1.15 bits per heavy atom. The summed E-state index contributed by atoms with van der Waals surface area (Å²) in [6, 6.07) is 0. The van der Waals surface area contributed by atoms with Crippen molar-refractivity contribution in [3.8, 4) is 0 Å². The van der Waals surface area contributed by atoms with E-state index in [2.05, 4.69) is 13.8 Å². The van der Waals surface area contributed by atoms with E-state index in [1.807, 2.05) is 41.5 Å². The minimum Gasteiger partial charge on any atom is -0.233 e. The molecule has 2 atom stereocenters. The van der Waals surface area contributed by atoms with Crippen molar-refractivity contribution in [3.05, 3.63) is 0 Å². The molecule has 0 aromatic heterocycles. The molecule has 0 aromatic rings. The molecule has 0 saturated carbocycles. The molecular weight excluding hydrogens is 256 g/mol. The molecule has 0 radical (unpaired) electrons. The van der Waals surface area contributed by atoms with E-state index in [1.165, 1.54) is 0 Å². The van der Waals surface area contributed by atoms with Crippen molar-refractivity contribution in [2.24, 2.45) is 0 Å². The van der Waals surface area contributed by atoms with Crippen LogP contribution in [0.15, 0.2) is 0 Å². The fourth-order valence-corrected chi connectivity index (χ4v) is 1.44. The van der Waals surface area contributed by atoms with Gasteiger partial charge in [0.25, 0.3) is 0 Å². The van der Waals surface area contributed by atoms with E-state index in [4.69, 9.17) is 19.6 Å². The van der Waals surface area contributed by atoms with Gasteiger partial charge in [0, 0.05) is 0 Å². The molecule has 0 rings (SSSR count). The second-order valence-corrected chi connectivity index (χ2v) is 7.22. The maximum absolute atomic E-state index is 5.50. The summed E-state index contributed by atoms with van der Waals surface area (Å²) in [4.78, 5) is 21.8. The van der Waals surface area contributed by atoms with E-state index in [9.17, 15) is 0 Å². The SMILES string of the molecule is CCC(CCC(CC)OOC(C)(C)C)OOC(C)(C)C. The van der Waals surface area contributed by atoms with Crippen LogP contribution in [0.5, 0.6) is 0 Å². The fourth-order valence-electron chi connectivity index (χ4n) is 1.44. The Labute approximate surface area is 125 Å². The van der Waals surface area contributed by atoms with Crippen molar-refractivity contribution < 1.29 is 19.6 Å². The summed E-state index contributed by atoms with van der Waals surface area (Å²) < 4.78 is 0. The predicted molar refractivity (Wildman–Crippen MR) is 81.2 cm³/mol. The highest BCUT2D eigenvalue weighted by molar-refractivity contribution is 4.62. The zero-order valence-electron chi connectivity index (χ0n) is 14.6. The maximum Gasteiger partial charge on any atom is 0.0952 e. The topological polar surface area (TPSA) is 36.9 Å². The number of rotatable bonds is 9. The second kappa shape index (κ2) is 8.98. The van der Waals surface area contributed by atoms with Crippen LogP contribution in [0.4, 0.5) is 0 Å². The molecule has 0 heterocycles. The highest BCUT2D eigenvalue weighted by atomic mass is 17.2. The van der Waals surface area contributed by atoms with Crippen molar-refractivity contribution in [2.45, 2.75) is 104 Å². The quantitative estimate of drug-likeness (QED) is 0.451. The Kier molecular flexibility index (Phi) is 8.91. The lowest BCUT2D eigenvalue weighted by Gasteiger charge is -2.25. The molecule has 0 bridgehead atoms. The average Bonchev–Trinajstić information content (AvgIpc) is 2.30. The minimum absolute atomic E-state index is 0.0986. The second-order valence-electron chi connectivity index (χ2n) is 7.22. The lowest BCUT2D eigenvalue weighted by Crippen LogP contribution is -2.27. The molecule has 0 saturated heterocycles. The normalized spacial score (nSPS) is 16.2. The monoisotopic (exact) mass is 290 g/mol. The molecule has 0 N–H and O–H groups in total. The van der Waals surface area contributed by atoms with Gasteiger partial charge in [-0.2, -0.15) is 0 Å². The van der Waals surface area contributed by atoms with Crippen LogP contribution in [-0.4, -0.2) is 23.4 Å². The van der Waals surface area contributed by atoms with Gasteiger partial charge in [0.15, 0.2) is 0 Å². The Balaban J connectivity index is 4.05. The van der Waals surface area contributed by atoms with Gasteiger partial charge in [-0.3, -0.25) is 0 Å². The Morgan fingerprint density at radius 2 is 0.950 bits per heavy atom. The smallest absolute Gasteiger partial charge is 0.0952 e. The summed E-state index contributed by atoms with van der Waals surface area (Å²) in [5.74, 6) is 0. The van der Waals surface area contributed by atoms with Crippen molar-refractivity contribution in [1.82, 2.24) is 0 Å². The summed E-state index contributed by atoms with van der Waals surface area (Å²) in [5, 5.41) is 0. The van der Waals surface area contributed by atoms with Gasteiger partial charge in [0.1, 0.15) is 0 Å². The summed E-state index contributed by atoms with van der Waals surface area (Å²) in [6.45, 7) is 16.1. The van der Waals surface area contributed by atoms with Crippen molar-refractivity contribution in [2.75, 3.05) is 0 Å². The van der Waals surface area contributed by atoms with E-state index in [1.54, 1.807) is 0 Å². The molecule has 0 aliphatic heterocycles. The third-order valence-corrected chi connectivity index (χ3v) is 2.59. The highest BCUT2D eigenvalue weighted by Crippen LogP contribution is 2.18. The van der Waals surface area contributed by atoms with Crippen molar-refractivity contribution in [1.29, 1.82) is 0 Å². The lowest BCUT2D eigenvalue weighted by molar-refractivity contribution is -0.383. The molecule has 20 heavy (non-hydrogen) atoms. The Morgan fingerprint density at radius 1 is 0.650 bits per heavy atom. The maximum atomic E-state index is 5.50. The molecule has 0 aliphatic carbocycles. The molecule has 2 unspecified atom stereocenters. The summed E-state index contributed by atoms with van der Waals surface area (Å²) in [5.41, 5.74) is -0.549. The lowest BCUT2D eigenvalue weighted by atomic mass is 10.1. The standard InChI is InChI=1S/C16H34O4/c1-9-13(17-19-15(3,4)5)11-12-14(10-2)18-20-16(6,7)8/h13-14H,9-12H2,1-8H3. The summed E-state index contributed by atoms with van der Waals surface area (Å²) in [7, 11) is 0. The van der Waals surface area contributed by atoms with Crippen LogP contribution in [0.3, 0.4) is 0 Å². The van der Waals surface area contributed by atoms with Crippen molar-refractivity contribution in [3.63, 3.8) is 0 Å². The van der Waals surface area contributed by atoms with Gasteiger partial charge in [-0.1, -0.05) is 13.8 Å². The summed E-state index contributed by atoms with van der Waals surface area (Å²) >= 11 is 0. The first-order valence-corrected chi connectivity index (χ1v) is 7.76. The van der Waals surface area contributed by atoms with Gasteiger partial charge < -0.3 is 0 Å². The zero-order valence-corrected chi connectivity index (χ0v) is 14.6. The molecule has 0 fully saturated rings. The van der Waals surface area contributed by atoms with Crippen LogP contribution in [0.2, 0.25) is 0 Å². The van der Waals surface area contributed by atoms with Gasteiger partial charge >= 0.3 is 0 Å². The van der Waals surface area contributed by atoms with Crippen LogP contribution in [0.25, 0.3) is 0 Å². The van der Waals surface area contributed by atoms with Crippen LogP contribution in [0.1, 0.15) is 81.1 Å². The molecule has 4 heteroatoms. The van der Waals surface area contributed by atoms with Crippen LogP contribution in [0, 0.1) is 0 Å². The van der Waals surface area contributed by atoms with Gasteiger partial charge in [-0.25, -0.2) is 19.6 Å². The number of hydrogen-bond acceptors (Lipinski definition) is 4.